The predicted octanol–water partition coefficient (Wildman–Crippen LogP) is 3.35. The number of hydrogen-bond donors (Lipinski definition) is 2. The van der Waals surface area contributed by atoms with Gasteiger partial charge in [0.2, 0.25) is 5.91 Å². The van der Waals surface area contributed by atoms with Crippen molar-refractivity contribution >= 4 is 47.2 Å². The van der Waals surface area contributed by atoms with Crippen molar-refractivity contribution in [1.82, 2.24) is 20.5 Å². The number of aromatic nitrogens is 1. The van der Waals surface area contributed by atoms with Crippen LogP contribution < -0.4 is 10.6 Å². The van der Waals surface area contributed by atoms with Crippen molar-refractivity contribution < 1.29 is 4.79 Å². The van der Waals surface area contributed by atoms with Gasteiger partial charge < -0.3 is 15.5 Å². The number of nitrogens with zero attached hydrogens (tertiary/aromatic N) is 3. The van der Waals surface area contributed by atoms with Crippen LogP contribution >= 0.6 is 35.3 Å². The van der Waals surface area contributed by atoms with Crippen LogP contribution in [0.1, 0.15) is 26.0 Å². The smallest absolute Gasteiger partial charge is 0.225 e. The summed E-state index contributed by atoms with van der Waals surface area (Å²) in [4.78, 5) is 23.1. The van der Waals surface area contributed by atoms with Gasteiger partial charge in [0, 0.05) is 43.0 Å². The highest BCUT2D eigenvalue weighted by atomic mass is 127. The average Bonchev–Trinajstić information content (AvgIpc) is 3.34. The van der Waals surface area contributed by atoms with Crippen molar-refractivity contribution in [2.24, 2.45) is 10.9 Å². The van der Waals surface area contributed by atoms with E-state index in [4.69, 9.17) is 4.98 Å². The van der Waals surface area contributed by atoms with Crippen LogP contribution in [-0.2, 0) is 11.3 Å². The summed E-state index contributed by atoms with van der Waals surface area (Å²) in [5.74, 6) is 1.01. The van der Waals surface area contributed by atoms with Gasteiger partial charge in [-0.2, -0.15) is 0 Å². The maximum Gasteiger partial charge on any atom is 0.225 e. The number of halogens is 1. The van der Waals surface area contributed by atoms with Gasteiger partial charge in [-0.1, -0.05) is 44.2 Å². The molecule has 1 aromatic heterocycles. The number of thiazole rings is 1. The SMILES string of the molecule is CN=C(NCc1csc(-c2ccccc2)n1)NC1CCN(C(=O)C(C)C)C1.I. The minimum absolute atomic E-state index is 0. The lowest BCUT2D eigenvalue weighted by Crippen LogP contribution is -2.45. The van der Waals surface area contributed by atoms with Crippen molar-refractivity contribution in [1.29, 1.82) is 0 Å². The van der Waals surface area contributed by atoms with Gasteiger partial charge in [0.25, 0.3) is 0 Å². The Bertz CT molecular complexity index is 793. The molecule has 1 aliphatic heterocycles. The Labute approximate surface area is 187 Å². The topological polar surface area (TPSA) is 69.6 Å². The maximum atomic E-state index is 12.1. The lowest BCUT2D eigenvalue weighted by Gasteiger charge is -2.20. The summed E-state index contributed by atoms with van der Waals surface area (Å²) in [6.45, 7) is 6.04. The van der Waals surface area contributed by atoms with Crippen LogP contribution in [0.3, 0.4) is 0 Å². The van der Waals surface area contributed by atoms with Crippen LogP contribution in [-0.4, -0.2) is 47.9 Å². The van der Waals surface area contributed by atoms with Crippen molar-refractivity contribution in [2.45, 2.75) is 32.9 Å². The molecule has 1 fully saturated rings. The number of benzene rings is 1. The third kappa shape index (κ3) is 5.91. The molecule has 1 aliphatic rings. The third-order valence-corrected chi connectivity index (χ3v) is 5.51. The summed E-state index contributed by atoms with van der Waals surface area (Å²) in [6, 6.07) is 10.4. The molecule has 152 valence electrons. The van der Waals surface area contributed by atoms with Crippen molar-refractivity contribution in [2.75, 3.05) is 20.1 Å². The highest BCUT2D eigenvalue weighted by molar-refractivity contribution is 14.0. The molecule has 0 aliphatic carbocycles. The summed E-state index contributed by atoms with van der Waals surface area (Å²) in [6.07, 6.45) is 0.939. The second kappa shape index (κ2) is 10.8. The van der Waals surface area contributed by atoms with E-state index in [1.54, 1.807) is 18.4 Å². The standard InChI is InChI=1S/C20H27N5OS.HI/c1-14(2)19(26)25-10-9-16(12-25)24-20(21-3)22-11-17-13-27-18(23-17)15-7-5-4-6-8-15;/h4-8,13-14,16H,9-12H2,1-3H3,(H2,21,22,24);1H. The van der Waals surface area contributed by atoms with E-state index in [0.717, 1.165) is 41.7 Å². The summed E-state index contributed by atoms with van der Waals surface area (Å²) in [5, 5.41) is 9.84. The second-order valence-electron chi connectivity index (χ2n) is 7.00. The molecular weight excluding hydrogens is 485 g/mol. The summed E-state index contributed by atoms with van der Waals surface area (Å²) in [7, 11) is 1.76. The van der Waals surface area contributed by atoms with Crippen LogP contribution in [0.5, 0.6) is 0 Å². The summed E-state index contributed by atoms with van der Waals surface area (Å²) >= 11 is 1.65. The Morgan fingerprint density at radius 1 is 1.36 bits per heavy atom. The third-order valence-electron chi connectivity index (χ3n) is 4.57. The zero-order chi connectivity index (χ0) is 19.2. The highest BCUT2D eigenvalue weighted by Gasteiger charge is 2.27. The quantitative estimate of drug-likeness (QED) is 0.366. The van der Waals surface area contributed by atoms with Gasteiger partial charge in [0.1, 0.15) is 5.01 Å². The first-order valence-corrected chi connectivity index (χ1v) is 10.2. The van der Waals surface area contributed by atoms with Gasteiger partial charge in [-0.05, 0) is 6.42 Å². The number of guanidine groups is 1. The molecule has 28 heavy (non-hydrogen) atoms. The minimum atomic E-state index is 0. The fourth-order valence-corrected chi connectivity index (χ4v) is 3.93. The van der Waals surface area contributed by atoms with E-state index < -0.39 is 0 Å². The van der Waals surface area contributed by atoms with Gasteiger partial charge >= 0.3 is 0 Å². The van der Waals surface area contributed by atoms with Gasteiger partial charge in [-0.3, -0.25) is 9.79 Å². The largest absolute Gasteiger partial charge is 0.352 e. The minimum Gasteiger partial charge on any atom is -0.352 e. The van der Waals surface area contributed by atoms with E-state index in [9.17, 15) is 4.79 Å². The number of likely N-dealkylation sites (tertiary alicyclic amines) is 1. The molecular formula is C20H28IN5OS. The van der Waals surface area contributed by atoms with Gasteiger partial charge in [-0.15, -0.1) is 35.3 Å². The first kappa shape index (κ1) is 22.6. The van der Waals surface area contributed by atoms with Crippen LogP contribution in [0.2, 0.25) is 0 Å². The zero-order valence-electron chi connectivity index (χ0n) is 16.5. The molecule has 1 unspecified atom stereocenters. The number of carbonyl (C=O) groups is 1. The highest BCUT2D eigenvalue weighted by Crippen LogP contribution is 2.23. The maximum absolute atomic E-state index is 12.1. The lowest BCUT2D eigenvalue weighted by atomic mass is 10.2. The van der Waals surface area contributed by atoms with E-state index >= 15 is 0 Å². The second-order valence-corrected chi connectivity index (χ2v) is 7.86. The van der Waals surface area contributed by atoms with Crippen LogP contribution in [0.15, 0.2) is 40.7 Å². The monoisotopic (exact) mass is 513 g/mol. The molecule has 1 aromatic carbocycles. The Kier molecular flexibility index (Phi) is 8.68. The van der Waals surface area contributed by atoms with Gasteiger partial charge in [-0.25, -0.2) is 4.98 Å². The van der Waals surface area contributed by atoms with Crippen LogP contribution in [0, 0.1) is 5.92 Å². The molecule has 3 rings (SSSR count). The van der Waals surface area contributed by atoms with Crippen molar-refractivity contribution in [3.8, 4) is 10.6 Å². The van der Waals surface area contributed by atoms with Crippen molar-refractivity contribution in [3.05, 3.63) is 41.4 Å². The van der Waals surface area contributed by atoms with Crippen LogP contribution in [0.25, 0.3) is 10.6 Å². The number of nitrogens with one attached hydrogen (secondary N) is 2. The molecule has 8 heteroatoms. The predicted molar refractivity (Wildman–Crippen MR) is 126 cm³/mol. The number of carbonyl (C=O) groups excluding carboxylic acids is 1. The first-order valence-electron chi connectivity index (χ1n) is 9.32. The number of aliphatic imine (C=N–C) groups is 1. The Morgan fingerprint density at radius 2 is 2.11 bits per heavy atom. The number of amides is 1. The van der Waals surface area contributed by atoms with E-state index in [1.807, 2.05) is 36.9 Å². The Hall–Kier alpha value is -1.68. The van der Waals surface area contributed by atoms with Gasteiger partial charge in [0.05, 0.1) is 12.2 Å². The molecule has 0 radical (unpaired) electrons. The molecule has 2 aromatic rings. The van der Waals surface area contributed by atoms with Crippen molar-refractivity contribution in [3.63, 3.8) is 0 Å². The summed E-state index contributed by atoms with van der Waals surface area (Å²) in [5.41, 5.74) is 2.13. The average molecular weight is 513 g/mol. The van der Waals surface area contributed by atoms with E-state index in [0.29, 0.717) is 6.54 Å². The molecule has 1 amide bonds. The zero-order valence-corrected chi connectivity index (χ0v) is 19.7. The fourth-order valence-electron chi connectivity index (χ4n) is 3.11. The first-order chi connectivity index (χ1) is 13.1. The molecule has 2 heterocycles. The molecule has 1 atom stereocenters. The Morgan fingerprint density at radius 3 is 2.79 bits per heavy atom. The van der Waals surface area contributed by atoms with Gasteiger partial charge in [0.15, 0.2) is 5.96 Å². The van der Waals surface area contributed by atoms with E-state index in [-0.39, 0.29) is 41.8 Å². The normalized spacial score (nSPS) is 16.8. The number of rotatable bonds is 5. The number of hydrogen-bond acceptors (Lipinski definition) is 4. The summed E-state index contributed by atoms with van der Waals surface area (Å²) < 4.78 is 0. The van der Waals surface area contributed by atoms with E-state index in [1.165, 1.54) is 0 Å². The molecule has 6 nitrogen and oxygen atoms in total. The molecule has 2 N–H and O–H groups in total. The molecule has 1 saturated heterocycles. The lowest BCUT2D eigenvalue weighted by molar-refractivity contribution is -0.133. The van der Waals surface area contributed by atoms with E-state index in [2.05, 4.69) is 33.1 Å². The molecule has 0 saturated carbocycles. The van der Waals surface area contributed by atoms with Crippen LogP contribution in [0.4, 0.5) is 0 Å². The molecule has 0 spiro atoms. The fraction of sp³-hybridized carbons (Fsp3) is 0.450. The molecule has 0 bridgehead atoms. The Balaban J connectivity index is 0.00000280.